The van der Waals surface area contributed by atoms with Gasteiger partial charge in [0.2, 0.25) is 10.0 Å². The number of benzene rings is 1. The molecule has 7 heteroatoms. The van der Waals surface area contributed by atoms with E-state index in [4.69, 9.17) is 5.02 Å². The first-order valence-corrected chi connectivity index (χ1v) is 5.61. The van der Waals surface area contributed by atoms with Gasteiger partial charge in [-0.2, -0.15) is 0 Å². The average Bonchev–Trinajstić information content (AvgIpc) is 2.06. The second kappa shape index (κ2) is 4.34. The van der Waals surface area contributed by atoms with Crippen molar-refractivity contribution in [3.05, 3.63) is 24.3 Å². The summed E-state index contributed by atoms with van der Waals surface area (Å²) >= 11 is 0. The molecule has 1 radical (unpaired) electrons. The van der Waals surface area contributed by atoms with E-state index in [2.05, 4.69) is 9.38 Å². The van der Waals surface area contributed by atoms with Crippen molar-refractivity contribution in [1.29, 1.82) is 0 Å². The Morgan fingerprint density at radius 2 is 1.93 bits per heavy atom. The zero-order valence-corrected chi connectivity index (χ0v) is 8.28. The number of nitrogens with one attached hydrogen (secondary N) is 1. The van der Waals surface area contributed by atoms with Crippen LogP contribution in [0.15, 0.2) is 24.3 Å². The highest BCUT2D eigenvalue weighted by atomic mass is 32.2. The van der Waals surface area contributed by atoms with E-state index in [-0.39, 0.29) is 0 Å². The molecule has 5 nitrogen and oxygen atoms in total. The molecular formula is C7H9BNO4S. The summed E-state index contributed by atoms with van der Waals surface area (Å²) in [5.41, 5.74) is 0.442. The molecule has 1 aromatic rings. The number of hydrogen-bond acceptors (Lipinski definition) is 4. The fourth-order valence-corrected chi connectivity index (χ4v) is 1.44. The molecule has 0 saturated carbocycles. The maximum atomic E-state index is 10.8. The van der Waals surface area contributed by atoms with E-state index in [0.29, 0.717) is 19.1 Å². The van der Waals surface area contributed by atoms with Crippen LogP contribution in [0.4, 0.5) is 5.69 Å². The summed E-state index contributed by atoms with van der Waals surface area (Å²) in [5, 5.41) is 8.32. The van der Waals surface area contributed by atoms with Crippen molar-refractivity contribution in [2.45, 2.75) is 0 Å². The normalized spacial score (nSPS) is 10.7. The molecule has 0 spiro atoms. The average molecular weight is 214 g/mol. The molecule has 0 heterocycles. The van der Waals surface area contributed by atoms with Crippen molar-refractivity contribution in [1.82, 2.24) is 0 Å². The molecule has 1 rings (SSSR count). The largest absolute Gasteiger partial charge is 0.569 e. The van der Waals surface area contributed by atoms with Gasteiger partial charge in [-0.3, -0.25) is 4.72 Å². The van der Waals surface area contributed by atoms with Crippen molar-refractivity contribution in [2.75, 3.05) is 11.0 Å². The van der Waals surface area contributed by atoms with E-state index in [0.717, 1.165) is 6.26 Å². The predicted molar refractivity (Wildman–Crippen MR) is 53.5 cm³/mol. The minimum atomic E-state index is -3.25. The minimum absolute atomic E-state index is 0.423. The summed E-state index contributed by atoms with van der Waals surface area (Å²) in [6.45, 7) is 0. The van der Waals surface area contributed by atoms with E-state index in [1.165, 1.54) is 24.3 Å². The molecule has 0 bridgehead atoms. The van der Waals surface area contributed by atoms with Crippen LogP contribution in [0.25, 0.3) is 0 Å². The summed E-state index contributed by atoms with van der Waals surface area (Å²) in [6.07, 6.45) is 1.07. The highest BCUT2D eigenvalue weighted by molar-refractivity contribution is 7.92. The molecule has 2 N–H and O–H groups in total. The van der Waals surface area contributed by atoms with Crippen LogP contribution >= 0.6 is 0 Å². The molecule has 0 atom stereocenters. The van der Waals surface area contributed by atoms with Crippen molar-refractivity contribution < 1.29 is 18.1 Å². The summed E-state index contributed by atoms with van der Waals surface area (Å²) in [7, 11) is -2.70. The molecule has 0 saturated heterocycles. The first kappa shape index (κ1) is 10.9. The first-order valence-electron chi connectivity index (χ1n) is 3.72. The standard InChI is InChI=1S/C7H9BNO4S/c1-14(11,12)9-6-2-4-7(5-3-6)13-8-10/h2-5,9-10H,1H3. The monoisotopic (exact) mass is 214 g/mol. The number of hydrogen-bond donors (Lipinski definition) is 2. The van der Waals surface area contributed by atoms with Gasteiger partial charge in [0.05, 0.1) is 6.26 Å². The Labute approximate surface area is 83.1 Å². The lowest BCUT2D eigenvalue weighted by Crippen LogP contribution is -2.09. The first-order chi connectivity index (χ1) is 6.51. The van der Waals surface area contributed by atoms with Crippen molar-refractivity contribution in [3.8, 4) is 5.75 Å². The second-order valence-electron chi connectivity index (χ2n) is 2.62. The summed E-state index contributed by atoms with van der Waals surface area (Å²) < 4.78 is 28.6. The smallest absolute Gasteiger partial charge is 0.537 e. The zero-order valence-electron chi connectivity index (χ0n) is 7.47. The van der Waals surface area contributed by atoms with E-state index < -0.39 is 10.0 Å². The molecule has 0 amide bonds. The summed E-state index contributed by atoms with van der Waals surface area (Å²) in [4.78, 5) is 0. The highest BCUT2D eigenvalue weighted by Gasteiger charge is 2.01. The van der Waals surface area contributed by atoms with Gasteiger partial charge in [0.25, 0.3) is 0 Å². The SMILES string of the molecule is CS(=O)(=O)Nc1ccc(O[B]O)cc1. The number of anilines is 1. The van der Waals surface area contributed by atoms with Gasteiger partial charge in [-0.15, -0.1) is 0 Å². The lowest BCUT2D eigenvalue weighted by atomic mass is 10.3. The summed E-state index contributed by atoms with van der Waals surface area (Å²) in [6, 6.07) is 6.11. The summed E-state index contributed by atoms with van der Waals surface area (Å²) in [5.74, 6) is 0.423. The van der Waals surface area contributed by atoms with E-state index in [9.17, 15) is 8.42 Å². The minimum Gasteiger partial charge on any atom is -0.537 e. The van der Waals surface area contributed by atoms with Gasteiger partial charge >= 0.3 is 7.69 Å². The van der Waals surface area contributed by atoms with Crippen LogP contribution in [0.5, 0.6) is 5.75 Å². The Morgan fingerprint density at radius 3 is 2.36 bits per heavy atom. The van der Waals surface area contributed by atoms with Gasteiger partial charge in [-0.1, -0.05) is 0 Å². The number of sulfonamides is 1. The lowest BCUT2D eigenvalue weighted by Gasteiger charge is -2.05. The zero-order chi connectivity index (χ0) is 10.6. The van der Waals surface area contributed by atoms with Gasteiger partial charge in [-0.25, -0.2) is 8.42 Å². The van der Waals surface area contributed by atoms with Crippen molar-refractivity contribution in [2.24, 2.45) is 0 Å². The van der Waals surface area contributed by atoms with Crippen LogP contribution < -0.4 is 9.38 Å². The van der Waals surface area contributed by atoms with Gasteiger partial charge in [0.1, 0.15) is 5.75 Å². The quantitative estimate of drug-likeness (QED) is 0.689. The topological polar surface area (TPSA) is 75.6 Å². The van der Waals surface area contributed by atoms with Gasteiger partial charge in [-0.05, 0) is 24.3 Å². The Morgan fingerprint density at radius 1 is 1.36 bits per heavy atom. The third-order valence-corrected chi connectivity index (χ3v) is 1.95. The molecule has 0 aliphatic rings. The fraction of sp³-hybridized carbons (Fsp3) is 0.143. The van der Waals surface area contributed by atoms with Crippen LogP contribution in [0.3, 0.4) is 0 Å². The third kappa shape index (κ3) is 3.67. The lowest BCUT2D eigenvalue weighted by molar-refractivity contribution is 0.454. The molecule has 0 fully saturated rings. The van der Waals surface area contributed by atoms with Gasteiger partial charge in [0.15, 0.2) is 0 Å². The van der Waals surface area contributed by atoms with E-state index in [1.807, 2.05) is 0 Å². The van der Waals surface area contributed by atoms with Gasteiger partial charge < -0.3 is 9.68 Å². The van der Waals surface area contributed by atoms with Gasteiger partial charge in [0, 0.05) is 5.69 Å². The van der Waals surface area contributed by atoms with Crippen molar-refractivity contribution >= 4 is 23.4 Å². The van der Waals surface area contributed by atoms with Crippen LogP contribution in [0.1, 0.15) is 0 Å². The fourth-order valence-electron chi connectivity index (χ4n) is 0.876. The van der Waals surface area contributed by atoms with Crippen LogP contribution in [-0.2, 0) is 10.0 Å². The van der Waals surface area contributed by atoms with E-state index >= 15 is 0 Å². The molecule has 0 aliphatic carbocycles. The van der Waals surface area contributed by atoms with Crippen LogP contribution in [0, 0.1) is 0 Å². The number of rotatable bonds is 4. The van der Waals surface area contributed by atoms with E-state index in [1.54, 1.807) is 0 Å². The molecular weight excluding hydrogens is 205 g/mol. The molecule has 75 valence electrons. The Hall–Kier alpha value is -1.21. The Bertz CT molecular complexity index is 389. The highest BCUT2D eigenvalue weighted by Crippen LogP contribution is 2.15. The third-order valence-electron chi connectivity index (χ3n) is 1.35. The Balaban J connectivity index is 2.74. The maximum absolute atomic E-state index is 10.8. The molecule has 0 aromatic heterocycles. The van der Waals surface area contributed by atoms with Crippen LogP contribution in [0.2, 0.25) is 0 Å². The van der Waals surface area contributed by atoms with Crippen molar-refractivity contribution in [3.63, 3.8) is 0 Å². The molecule has 0 unspecified atom stereocenters. The van der Waals surface area contributed by atoms with Crippen LogP contribution in [-0.4, -0.2) is 27.4 Å². The Kier molecular flexibility index (Phi) is 3.37. The molecule has 14 heavy (non-hydrogen) atoms. The predicted octanol–water partition coefficient (Wildman–Crippen LogP) is -0.0366. The molecule has 1 aromatic carbocycles. The molecule has 0 aliphatic heterocycles. The maximum Gasteiger partial charge on any atom is 0.569 e. The second-order valence-corrected chi connectivity index (χ2v) is 4.37.